The number of halogens is 1. The second-order valence-corrected chi connectivity index (χ2v) is 8.53. The topological polar surface area (TPSA) is 85.8 Å². The van der Waals surface area contributed by atoms with E-state index in [2.05, 4.69) is 32.2 Å². The van der Waals surface area contributed by atoms with Crippen LogP contribution < -0.4 is 15.4 Å². The van der Waals surface area contributed by atoms with Crippen LogP contribution in [-0.4, -0.2) is 70.3 Å². The molecule has 0 radical (unpaired) electrons. The summed E-state index contributed by atoms with van der Waals surface area (Å²) in [5, 5.41) is 6.64. The molecule has 1 rings (SSSR count). The molecule has 0 aliphatic carbocycles. The largest absolute Gasteiger partial charge is 0.357 e. The van der Waals surface area contributed by atoms with Gasteiger partial charge in [-0.3, -0.25) is 9.89 Å². The Morgan fingerprint density at radius 3 is 2.58 bits per heavy atom. The highest BCUT2D eigenvalue weighted by Crippen LogP contribution is 2.18. The summed E-state index contributed by atoms with van der Waals surface area (Å²) >= 11 is 0. The van der Waals surface area contributed by atoms with Gasteiger partial charge in [0.05, 0.1) is 5.75 Å². The lowest BCUT2D eigenvalue weighted by Crippen LogP contribution is -2.46. The van der Waals surface area contributed by atoms with Crippen molar-refractivity contribution in [2.45, 2.75) is 58.9 Å². The Balaban J connectivity index is 0.00000625. The van der Waals surface area contributed by atoms with Crippen molar-refractivity contribution in [1.82, 2.24) is 20.3 Å². The smallest absolute Gasteiger partial charge is 0.211 e. The fourth-order valence-corrected chi connectivity index (χ4v) is 3.74. The van der Waals surface area contributed by atoms with Gasteiger partial charge in [0, 0.05) is 38.8 Å². The number of nitrogens with one attached hydrogen (secondary N) is 3. The zero-order chi connectivity index (χ0) is 18.5. The van der Waals surface area contributed by atoms with Gasteiger partial charge in [0.2, 0.25) is 10.0 Å². The van der Waals surface area contributed by atoms with Gasteiger partial charge in [-0.1, -0.05) is 13.3 Å². The molecule has 1 saturated heterocycles. The molecule has 0 aromatic carbocycles. The van der Waals surface area contributed by atoms with Crippen molar-refractivity contribution in [3.05, 3.63) is 0 Å². The standard InChI is InChI=1S/C17H37N5O2S.HI/c1-4-16-10-7-8-14-22(16)15-13-20-17(18-5-2)19-11-9-12-21-25(23,24)6-3;/h16,21H,4-15H2,1-3H3,(H2,18,19,20);1H. The van der Waals surface area contributed by atoms with Crippen LogP contribution in [0, 0.1) is 0 Å². The number of hydrogen-bond acceptors (Lipinski definition) is 4. The fourth-order valence-electron chi connectivity index (χ4n) is 3.08. The third kappa shape index (κ3) is 10.9. The monoisotopic (exact) mass is 503 g/mol. The Labute approximate surface area is 177 Å². The van der Waals surface area contributed by atoms with Crippen molar-refractivity contribution < 1.29 is 8.42 Å². The average Bonchev–Trinajstić information content (AvgIpc) is 2.61. The van der Waals surface area contributed by atoms with Crippen LogP contribution in [0.2, 0.25) is 0 Å². The molecule has 0 amide bonds. The van der Waals surface area contributed by atoms with E-state index in [0.717, 1.165) is 31.6 Å². The third-order valence-corrected chi connectivity index (χ3v) is 5.97. The van der Waals surface area contributed by atoms with Crippen molar-refractivity contribution in [2.75, 3.05) is 45.0 Å². The van der Waals surface area contributed by atoms with Crippen LogP contribution in [0.4, 0.5) is 0 Å². The van der Waals surface area contributed by atoms with Crippen molar-refractivity contribution in [1.29, 1.82) is 0 Å². The molecule has 1 fully saturated rings. The first-order valence-electron chi connectivity index (χ1n) is 9.76. The summed E-state index contributed by atoms with van der Waals surface area (Å²) in [7, 11) is -3.10. The first-order valence-corrected chi connectivity index (χ1v) is 11.4. The fraction of sp³-hybridized carbons (Fsp3) is 0.941. The van der Waals surface area contributed by atoms with Crippen molar-refractivity contribution in [3.8, 4) is 0 Å². The van der Waals surface area contributed by atoms with Gasteiger partial charge in [0.1, 0.15) is 0 Å². The predicted molar refractivity (Wildman–Crippen MR) is 121 cm³/mol. The van der Waals surface area contributed by atoms with E-state index in [9.17, 15) is 8.42 Å². The molecule has 9 heteroatoms. The summed E-state index contributed by atoms with van der Waals surface area (Å²) in [6.07, 6.45) is 5.90. The molecule has 0 bridgehead atoms. The molecule has 1 aliphatic rings. The first kappa shape index (κ1) is 25.9. The van der Waals surface area contributed by atoms with Gasteiger partial charge in [-0.25, -0.2) is 13.1 Å². The predicted octanol–water partition coefficient (Wildman–Crippen LogP) is 1.75. The molecule has 26 heavy (non-hydrogen) atoms. The Hall–Kier alpha value is -0.130. The Morgan fingerprint density at radius 2 is 1.92 bits per heavy atom. The highest BCUT2D eigenvalue weighted by Gasteiger charge is 2.19. The van der Waals surface area contributed by atoms with Gasteiger partial charge in [0.15, 0.2) is 5.96 Å². The van der Waals surface area contributed by atoms with Gasteiger partial charge in [-0.2, -0.15) is 0 Å². The van der Waals surface area contributed by atoms with Crippen molar-refractivity contribution in [3.63, 3.8) is 0 Å². The molecule has 0 aromatic rings. The quantitative estimate of drug-likeness (QED) is 0.173. The van der Waals surface area contributed by atoms with E-state index < -0.39 is 10.0 Å². The lowest BCUT2D eigenvalue weighted by molar-refractivity contribution is 0.147. The Bertz CT molecular complexity index is 488. The maximum absolute atomic E-state index is 11.4. The number of nitrogens with zero attached hydrogens (tertiary/aromatic N) is 2. The summed E-state index contributed by atoms with van der Waals surface area (Å²) in [5.41, 5.74) is 0. The van der Waals surface area contributed by atoms with E-state index >= 15 is 0 Å². The first-order chi connectivity index (χ1) is 12.0. The average molecular weight is 503 g/mol. The van der Waals surface area contributed by atoms with E-state index in [-0.39, 0.29) is 29.7 Å². The molecule has 1 aliphatic heterocycles. The maximum Gasteiger partial charge on any atom is 0.211 e. The molecular formula is C17H38IN5O2S. The van der Waals surface area contributed by atoms with Gasteiger partial charge >= 0.3 is 0 Å². The highest BCUT2D eigenvalue weighted by atomic mass is 127. The molecular weight excluding hydrogens is 465 g/mol. The minimum atomic E-state index is -3.10. The SMILES string of the molecule is CCNC(=NCCCNS(=O)(=O)CC)NCCN1CCCCC1CC.I. The molecule has 1 unspecified atom stereocenters. The Kier molecular flexibility index (Phi) is 14.8. The van der Waals surface area contributed by atoms with Crippen LogP contribution in [0.1, 0.15) is 52.9 Å². The molecule has 7 nitrogen and oxygen atoms in total. The molecule has 0 saturated carbocycles. The molecule has 1 heterocycles. The van der Waals surface area contributed by atoms with Crippen molar-refractivity contribution in [2.24, 2.45) is 4.99 Å². The second kappa shape index (κ2) is 14.9. The number of likely N-dealkylation sites (tertiary alicyclic amines) is 1. The zero-order valence-corrected chi connectivity index (χ0v) is 19.7. The molecule has 3 N–H and O–H groups in total. The van der Waals surface area contributed by atoms with Gasteiger partial charge in [-0.05, 0) is 46.1 Å². The second-order valence-electron chi connectivity index (χ2n) is 6.43. The lowest BCUT2D eigenvalue weighted by atomic mass is 10.0. The van der Waals surface area contributed by atoms with Crippen LogP contribution in [0.5, 0.6) is 0 Å². The summed E-state index contributed by atoms with van der Waals surface area (Å²) in [5.74, 6) is 0.932. The zero-order valence-electron chi connectivity index (χ0n) is 16.6. The number of aliphatic imine (C=N–C) groups is 1. The van der Waals surface area contributed by atoms with Gasteiger partial charge in [0.25, 0.3) is 0 Å². The minimum absolute atomic E-state index is 0. The molecule has 0 spiro atoms. The molecule has 0 aromatic heterocycles. The highest BCUT2D eigenvalue weighted by molar-refractivity contribution is 14.0. The summed E-state index contributed by atoms with van der Waals surface area (Å²) < 4.78 is 25.3. The third-order valence-electron chi connectivity index (χ3n) is 4.56. The number of sulfonamides is 1. The van der Waals surface area contributed by atoms with Crippen LogP contribution in [0.25, 0.3) is 0 Å². The lowest BCUT2D eigenvalue weighted by Gasteiger charge is -2.35. The van der Waals surface area contributed by atoms with Crippen LogP contribution in [0.3, 0.4) is 0 Å². The number of hydrogen-bond donors (Lipinski definition) is 3. The summed E-state index contributed by atoms with van der Waals surface area (Å²) in [6, 6.07) is 0.724. The van der Waals surface area contributed by atoms with Crippen LogP contribution >= 0.6 is 24.0 Å². The summed E-state index contributed by atoms with van der Waals surface area (Å²) in [6.45, 7) is 10.9. The van der Waals surface area contributed by atoms with Crippen LogP contribution in [0.15, 0.2) is 4.99 Å². The van der Waals surface area contributed by atoms with Crippen molar-refractivity contribution >= 4 is 40.0 Å². The van der Waals surface area contributed by atoms with Gasteiger partial charge in [-0.15, -0.1) is 24.0 Å². The number of guanidine groups is 1. The maximum atomic E-state index is 11.4. The van der Waals surface area contributed by atoms with E-state index in [1.165, 1.54) is 32.2 Å². The Morgan fingerprint density at radius 1 is 1.15 bits per heavy atom. The van der Waals surface area contributed by atoms with E-state index in [0.29, 0.717) is 19.5 Å². The van der Waals surface area contributed by atoms with Crippen LogP contribution in [-0.2, 0) is 10.0 Å². The van der Waals surface area contributed by atoms with E-state index in [1.54, 1.807) is 6.92 Å². The van der Waals surface area contributed by atoms with E-state index in [1.807, 2.05) is 6.92 Å². The number of rotatable bonds is 11. The summed E-state index contributed by atoms with van der Waals surface area (Å²) in [4.78, 5) is 7.10. The minimum Gasteiger partial charge on any atom is -0.357 e. The van der Waals surface area contributed by atoms with Gasteiger partial charge < -0.3 is 10.6 Å². The number of piperidine rings is 1. The normalized spacial score (nSPS) is 19.0. The van der Waals surface area contributed by atoms with E-state index in [4.69, 9.17) is 0 Å². The molecule has 156 valence electrons. The molecule has 1 atom stereocenters.